The Balaban J connectivity index is 2.15. The summed E-state index contributed by atoms with van der Waals surface area (Å²) in [6.45, 7) is 1.23. The lowest BCUT2D eigenvalue weighted by Gasteiger charge is -2.40. The van der Waals surface area contributed by atoms with Gasteiger partial charge in [-0.25, -0.2) is 0 Å². The molecule has 1 spiro atoms. The summed E-state index contributed by atoms with van der Waals surface area (Å²) in [5, 5.41) is 10.3. The van der Waals surface area contributed by atoms with Crippen molar-refractivity contribution in [1.82, 2.24) is 0 Å². The van der Waals surface area contributed by atoms with E-state index in [4.69, 9.17) is 0 Å². The molecule has 0 fully saturated rings. The average molecular weight is 384 g/mol. The second kappa shape index (κ2) is 7.14. The van der Waals surface area contributed by atoms with Gasteiger partial charge in [-0.15, -0.1) is 0 Å². The Morgan fingerprint density at radius 2 is 1.82 bits per heavy atom. The van der Waals surface area contributed by atoms with E-state index in [0.717, 1.165) is 7.11 Å². The Hall–Kier alpha value is -3.09. The van der Waals surface area contributed by atoms with Crippen LogP contribution in [0.15, 0.2) is 35.6 Å². The predicted octanol–water partition coefficient (Wildman–Crippen LogP) is 2.39. The number of ether oxygens (including phenoxy) is 1. The van der Waals surface area contributed by atoms with Gasteiger partial charge in [-0.05, 0) is 13.3 Å². The molecule has 1 aromatic rings. The number of hydrogen-bond acceptors (Lipinski definition) is 7. The standard InChI is InChI=1S/C21H20O7/c1-11(22)18-16(24)7-8-21(18)15(9-12(23)10-17(25)28-2)19(26)13-5-3-4-6-14(13)20(21)27/h3-6,15,24H,7-10H2,1-2H3/t15-,21-/m0/s1. The molecule has 2 aliphatic carbocycles. The fourth-order valence-electron chi connectivity index (χ4n) is 4.42. The van der Waals surface area contributed by atoms with Gasteiger partial charge in [0, 0.05) is 35.5 Å². The zero-order valence-electron chi connectivity index (χ0n) is 15.6. The highest BCUT2D eigenvalue weighted by atomic mass is 16.5. The molecule has 0 bridgehead atoms. The molecule has 7 nitrogen and oxygen atoms in total. The van der Waals surface area contributed by atoms with Gasteiger partial charge in [0.15, 0.2) is 17.3 Å². The summed E-state index contributed by atoms with van der Waals surface area (Å²) in [6.07, 6.45) is -0.796. The molecule has 0 aromatic heterocycles. The van der Waals surface area contributed by atoms with E-state index in [1.165, 1.54) is 19.1 Å². The van der Waals surface area contributed by atoms with Crippen LogP contribution < -0.4 is 0 Å². The smallest absolute Gasteiger partial charge is 0.313 e. The first kappa shape index (κ1) is 19.7. The van der Waals surface area contributed by atoms with E-state index in [1.54, 1.807) is 12.1 Å². The molecule has 0 saturated carbocycles. The van der Waals surface area contributed by atoms with Crippen molar-refractivity contribution in [2.24, 2.45) is 11.3 Å². The summed E-state index contributed by atoms with van der Waals surface area (Å²) in [5.74, 6) is -4.10. The predicted molar refractivity (Wildman–Crippen MR) is 96.9 cm³/mol. The SMILES string of the molecule is COC(=O)CC(=O)C[C@H]1C(=O)c2ccccc2C(=O)[C@@]12CCC(O)=C2C(C)=O. The first-order chi connectivity index (χ1) is 13.2. The molecule has 0 saturated heterocycles. The molecule has 0 aliphatic heterocycles. The number of aliphatic hydroxyl groups excluding tert-OH is 1. The molecule has 28 heavy (non-hydrogen) atoms. The van der Waals surface area contributed by atoms with Gasteiger partial charge in [0.05, 0.1) is 12.5 Å². The third-order valence-electron chi connectivity index (χ3n) is 5.60. The number of aliphatic hydroxyl groups is 1. The van der Waals surface area contributed by atoms with Gasteiger partial charge in [-0.1, -0.05) is 24.3 Å². The van der Waals surface area contributed by atoms with Crippen LogP contribution in [-0.4, -0.2) is 41.3 Å². The molecule has 1 aromatic carbocycles. The molecular formula is C21H20O7. The number of Topliss-reactive ketones (excluding diaryl/α,β-unsaturated/α-hetero) is 4. The van der Waals surface area contributed by atoms with Crippen molar-refractivity contribution in [2.75, 3.05) is 7.11 Å². The van der Waals surface area contributed by atoms with Gasteiger partial charge < -0.3 is 9.84 Å². The molecule has 7 heteroatoms. The number of esters is 1. The zero-order valence-corrected chi connectivity index (χ0v) is 15.6. The highest BCUT2D eigenvalue weighted by Gasteiger charge is 2.59. The van der Waals surface area contributed by atoms with E-state index in [1.807, 2.05) is 0 Å². The minimum Gasteiger partial charge on any atom is -0.512 e. The highest BCUT2D eigenvalue weighted by molar-refractivity contribution is 6.22. The number of rotatable bonds is 5. The topological polar surface area (TPSA) is 115 Å². The van der Waals surface area contributed by atoms with E-state index < -0.39 is 53.3 Å². The lowest BCUT2D eigenvalue weighted by Crippen LogP contribution is -2.49. The monoisotopic (exact) mass is 384 g/mol. The summed E-state index contributed by atoms with van der Waals surface area (Å²) >= 11 is 0. The number of ketones is 4. The van der Waals surface area contributed by atoms with Gasteiger partial charge >= 0.3 is 5.97 Å². The van der Waals surface area contributed by atoms with E-state index in [9.17, 15) is 29.1 Å². The van der Waals surface area contributed by atoms with Crippen LogP contribution in [0.4, 0.5) is 0 Å². The van der Waals surface area contributed by atoms with Crippen molar-refractivity contribution in [2.45, 2.75) is 32.6 Å². The third-order valence-corrected chi connectivity index (χ3v) is 5.60. The van der Waals surface area contributed by atoms with Gasteiger partial charge in [-0.3, -0.25) is 24.0 Å². The van der Waals surface area contributed by atoms with Crippen LogP contribution in [0.5, 0.6) is 0 Å². The Morgan fingerprint density at radius 1 is 1.18 bits per heavy atom. The number of benzene rings is 1. The molecule has 2 aliphatic rings. The van der Waals surface area contributed by atoms with Crippen LogP contribution >= 0.6 is 0 Å². The van der Waals surface area contributed by atoms with Crippen LogP contribution in [0, 0.1) is 11.3 Å². The fraction of sp³-hybridized carbons (Fsp3) is 0.381. The molecule has 0 radical (unpaired) electrons. The van der Waals surface area contributed by atoms with Crippen molar-refractivity contribution >= 4 is 29.1 Å². The van der Waals surface area contributed by atoms with E-state index in [0.29, 0.717) is 0 Å². The van der Waals surface area contributed by atoms with Crippen LogP contribution in [0.25, 0.3) is 0 Å². The average Bonchev–Trinajstić information content (AvgIpc) is 3.01. The number of hydrogen-bond donors (Lipinski definition) is 1. The van der Waals surface area contributed by atoms with E-state index in [-0.39, 0.29) is 35.3 Å². The molecule has 0 heterocycles. The maximum Gasteiger partial charge on any atom is 0.313 e. The van der Waals surface area contributed by atoms with Gasteiger partial charge in [0.1, 0.15) is 18.0 Å². The Morgan fingerprint density at radius 3 is 2.43 bits per heavy atom. The second-order valence-corrected chi connectivity index (χ2v) is 7.14. The molecule has 1 N–H and O–H groups in total. The Bertz CT molecular complexity index is 940. The molecule has 3 rings (SSSR count). The van der Waals surface area contributed by atoms with Crippen LogP contribution in [0.2, 0.25) is 0 Å². The first-order valence-electron chi connectivity index (χ1n) is 8.94. The van der Waals surface area contributed by atoms with Crippen molar-refractivity contribution < 1.29 is 33.8 Å². The van der Waals surface area contributed by atoms with Gasteiger partial charge in [0.2, 0.25) is 0 Å². The molecule has 2 atom stereocenters. The quantitative estimate of drug-likeness (QED) is 0.612. The first-order valence-corrected chi connectivity index (χ1v) is 8.94. The van der Waals surface area contributed by atoms with Crippen LogP contribution in [0.3, 0.4) is 0 Å². The largest absolute Gasteiger partial charge is 0.512 e. The van der Waals surface area contributed by atoms with E-state index in [2.05, 4.69) is 4.74 Å². The summed E-state index contributed by atoms with van der Waals surface area (Å²) in [7, 11) is 1.15. The Labute approximate surface area is 161 Å². The number of carbonyl (C=O) groups excluding carboxylic acids is 5. The van der Waals surface area contributed by atoms with Crippen molar-refractivity contribution in [1.29, 1.82) is 0 Å². The third kappa shape index (κ3) is 2.87. The second-order valence-electron chi connectivity index (χ2n) is 7.14. The highest BCUT2D eigenvalue weighted by Crippen LogP contribution is 2.55. The maximum atomic E-state index is 13.5. The molecular weight excluding hydrogens is 364 g/mol. The van der Waals surface area contributed by atoms with Crippen LogP contribution in [-0.2, 0) is 19.1 Å². The molecule has 146 valence electrons. The fourth-order valence-corrected chi connectivity index (χ4v) is 4.42. The number of carbonyl (C=O) groups is 5. The summed E-state index contributed by atoms with van der Waals surface area (Å²) in [6, 6.07) is 6.25. The minimum absolute atomic E-state index is 0.0584. The van der Waals surface area contributed by atoms with Crippen molar-refractivity contribution in [3.05, 3.63) is 46.7 Å². The molecule has 0 amide bonds. The summed E-state index contributed by atoms with van der Waals surface area (Å²) < 4.78 is 4.49. The Kier molecular flexibility index (Phi) is 5.02. The van der Waals surface area contributed by atoms with Crippen LogP contribution in [0.1, 0.15) is 53.3 Å². The van der Waals surface area contributed by atoms with Crippen molar-refractivity contribution in [3.63, 3.8) is 0 Å². The summed E-state index contributed by atoms with van der Waals surface area (Å²) in [5.41, 5.74) is -1.33. The number of allylic oxidation sites excluding steroid dienone is 2. The lowest BCUT2D eigenvalue weighted by atomic mass is 9.57. The van der Waals surface area contributed by atoms with Gasteiger partial charge in [0.25, 0.3) is 0 Å². The molecule has 0 unspecified atom stereocenters. The van der Waals surface area contributed by atoms with Crippen molar-refractivity contribution in [3.8, 4) is 0 Å². The normalized spacial score (nSPS) is 23.7. The van der Waals surface area contributed by atoms with Gasteiger partial charge in [-0.2, -0.15) is 0 Å². The lowest BCUT2D eigenvalue weighted by molar-refractivity contribution is -0.143. The van der Waals surface area contributed by atoms with E-state index >= 15 is 0 Å². The zero-order chi connectivity index (χ0) is 20.6. The minimum atomic E-state index is -1.59. The maximum absolute atomic E-state index is 13.5. The number of fused-ring (bicyclic) bond motifs is 1. The summed E-state index contributed by atoms with van der Waals surface area (Å²) in [4.78, 5) is 62.9. The number of methoxy groups -OCH3 is 1.